The van der Waals surface area contributed by atoms with Crippen LogP contribution >= 0.6 is 11.8 Å². The molecule has 1 atom stereocenters. The first kappa shape index (κ1) is 15.4. The average Bonchev–Trinajstić information content (AvgIpc) is 3.15. The second-order valence-electron chi connectivity index (χ2n) is 5.65. The molecule has 0 saturated carbocycles. The number of aromatic nitrogens is 3. The third kappa shape index (κ3) is 3.44. The van der Waals surface area contributed by atoms with Gasteiger partial charge in [0.15, 0.2) is 5.16 Å². The lowest BCUT2D eigenvalue weighted by atomic mass is 9.97. The monoisotopic (exact) mass is 318 g/mol. The van der Waals surface area contributed by atoms with E-state index in [-0.39, 0.29) is 0 Å². The van der Waals surface area contributed by atoms with Crippen molar-refractivity contribution in [1.82, 2.24) is 19.7 Å². The van der Waals surface area contributed by atoms with Gasteiger partial charge in [-0.25, -0.2) is 0 Å². The van der Waals surface area contributed by atoms with E-state index in [0.29, 0.717) is 5.92 Å². The molecule has 0 N–H and O–H groups in total. The van der Waals surface area contributed by atoms with Crippen LogP contribution in [0.3, 0.4) is 0 Å². The van der Waals surface area contributed by atoms with Gasteiger partial charge < -0.3 is 8.98 Å². The van der Waals surface area contributed by atoms with Gasteiger partial charge in [-0.15, -0.1) is 16.8 Å². The van der Waals surface area contributed by atoms with Crippen molar-refractivity contribution in [1.29, 1.82) is 0 Å². The van der Waals surface area contributed by atoms with E-state index in [1.54, 1.807) is 18.0 Å². The summed E-state index contributed by atoms with van der Waals surface area (Å²) in [4.78, 5) is 2.44. The van der Waals surface area contributed by atoms with Crippen molar-refractivity contribution in [3.05, 3.63) is 42.6 Å². The Balaban J connectivity index is 1.66. The fraction of sp³-hybridized carbons (Fsp3) is 0.500. The number of hydrogen-bond acceptors (Lipinski definition) is 5. The molecule has 5 nitrogen and oxygen atoms in total. The molecule has 22 heavy (non-hydrogen) atoms. The molecule has 0 spiro atoms. The molecule has 2 aromatic heterocycles. The number of piperidine rings is 1. The topological polar surface area (TPSA) is 47.1 Å². The minimum Gasteiger partial charge on any atom is -0.468 e. The third-order valence-corrected chi connectivity index (χ3v) is 5.05. The van der Waals surface area contributed by atoms with Crippen LogP contribution in [0.5, 0.6) is 0 Å². The van der Waals surface area contributed by atoms with E-state index in [9.17, 15) is 0 Å². The predicted octanol–water partition coefficient (Wildman–Crippen LogP) is 3.07. The normalized spacial score (nSPS) is 19.4. The van der Waals surface area contributed by atoms with Crippen LogP contribution in [0.4, 0.5) is 0 Å². The minimum absolute atomic E-state index is 0.444. The van der Waals surface area contributed by atoms with Crippen LogP contribution in [-0.4, -0.2) is 38.5 Å². The van der Waals surface area contributed by atoms with Crippen LogP contribution in [0, 0.1) is 0 Å². The Labute approximate surface area is 135 Å². The van der Waals surface area contributed by atoms with Gasteiger partial charge in [-0.1, -0.05) is 17.8 Å². The number of likely N-dealkylation sites (tertiary alicyclic amines) is 1. The van der Waals surface area contributed by atoms with Gasteiger partial charge in [0.25, 0.3) is 0 Å². The number of nitrogens with zero attached hydrogens (tertiary/aromatic N) is 4. The third-order valence-electron chi connectivity index (χ3n) is 4.03. The molecule has 0 radical (unpaired) electrons. The summed E-state index contributed by atoms with van der Waals surface area (Å²) in [5.41, 5.74) is 0. The van der Waals surface area contributed by atoms with Gasteiger partial charge in [0.1, 0.15) is 11.6 Å². The van der Waals surface area contributed by atoms with Crippen molar-refractivity contribution in [3.8, 4) is 0 Å². The van der Waals surface area contributed by atoms with Gasteiger partial charge in [-0.3, -0.25) is 4.90 Å². The fourth-order valence-corrected chi connectivity index (χ4v) is 3.63. The molecule has 0 aromatic carbocycles. The van der Waals surface area contributed by atoms with Crippen molar-refractivity contribution in [2.24, 2.45) is 7.05 Å². The highest BCUT2D eigenvalue weighted by Gasteiger charge is 2.26. The first-order chi connectivity index (χ1) is 10.8. The highest BCUT2D eigenvalue weighted by molar-refractivity contribution is 7.99. The summed E-state index contributed by atoms with van der Waals surface area (Å²) >= 11 is 1.68. The second-order valence-corrected chi connectivity index (χ2v) is 6.64. The molecule has 0 aliphatic carbocycles. The van der Waals surface area contributed by atoms with Gasteiger partial charge >= 0.3 is 0 Å². The average molecular weight is 318 g/mol. The number of rotatable bonds is 6. The zero-order valence-electron chi connectivity index (χ0n) is 12.9. The zero-order chi connectivity index (χ0) is 15.4. The number of hydrogen-bond donors (Lipinski definition) is 0. The molecule has 3 heterocycles. The molecule has 0 amide bonds. The standard InChI is InChI=1S/C16H22N4OS/c1-3-10-22-16-18-17-15(19(16)2)13-6-4-8-20(11-13)12-14-7-5-9-21-14/h3,5,7,9,13H,1,4,6,8,10-12H2,2H3/t13-/m0/s1. The van der Waals surface area contributed by atoms with Crippen LogP contribution in [0.2, 0.25) is 0 Å². The summed E-state index contributed by atoms with van der Waals surface area (Å²) in [6.45, 7) is 6.76. The maximum absolute atomic E-state index is 5.46. The van der Waals surface area contributed by atoms with E-state index in [4.69, 9.17) is 4.42 Å². The number of furan rings is 1. The van der Waals surface area contributed by atoms with Gasteiger partial charge in [0, 0.05) is 25.3 Å². The Morgan fingerprint density at radius 3 is 3.18 bits per heavy atom. The summed E-state index contributed by atoms with van der Waals surface area (Å²) < 4.78 is 7.60. The van der Waals surface area contributed by atoms with Crippen LogP contribution in [0.15, 0.2) is 40.6 Å². The quantitative estimate of drug-likeness (QED) is 0.605. The van der Waals surface area contributed by atoms with Crippen LogP contribution in [0.25, 0.3) is 0 Å². The van der Waals surface area contributed by atoms with Crippen molar-refractivity contribution in [2.75, 3.05) is 18.8 Å². The summed E-state index contributed by atoms with van der Waals surface area (Å²) in [6, 6.07) is 3.98. The van der Waals surface area contributed by atoms with Crippen molar-refractivity contribution in [2.45, 2.75) is 30.5 Å². The first-order valence-corrected chi connectivity index (χ1v) is 8.64. The maximum atomic E-state index is 5.46. The molecule has 1 fully saturated rings. The summed E-state index contributed by atoms with van der Waals surface area (Å²) in [6.07, 6.45) is 5.99. The Hall–Kier alpha value is -1.53. The van der Waals surface area contributed by atoms with E-state index in [1.807, 2.05) is 18.2 Å². The van der Waals surface area contributed by atoms with E-state index in [0.717, 1.165) is 42.1 Å². The SMILES string of the molecule is C=CCSc1nnc([C@H]2CCCN(Cc3ccco3)C2)n1C. The Bertz CT molecular complexity index is 608. The lowest BCUT2D eigenvalue weighted by Gasteiger charge is -2.31. The predicted molar refractivity (Wildman–Crippen MR) is 87.9 cm³/mol. The van der Waals surface area contributed by atoms with Gasteiger partial charge in [-0.05, 0) is 31.5 Å². The summed E-state index contributed by atoms with van der Waals surface area (Å²) in [7, 11) is 2.06. The largest absolute Gasteiger partial charge is 0.468 e. The lowest BCUT2D eigenvalue weighted by Crippen LogP contribution is -2.34. The molecule has 1 aliphatic heterocycles. The first-order valence-electron chi connectivity index (χ1n) is 7.65. The van der Waals surface area contributed by atoms with Crippen LogP contribution in [-0.2, 0) is 13.6 Å². The van der Waals surface area contributed by atoms with Crippen LogP contribution < -0.4 is 0 Å². The zero-order valence-corrected chi connectivity index (χ0v) is 13.8. The van der Waals surface area contributed by atoms with Crippen molar-refractivity contribution in [3.63, 3.8) is 0 Å². The second kappa shape index (κ2) is 7.15. The summed E-state index contributed by atoms with van der Waals surface area (Å²) in [5.74, 6) is 3.43. The number of thioether (sulfide) groups is 1. The van der Waals surface area contributed by atoms with Gasteiger partial charge in [-0.2, -0.15) is 0 Å². The van der Waals surface area contributed by atoms with Gasteiger partial charge in [0.2, 0.25) is 0 Å². The van der Waals surface area contributed by atoms with E-state index in [2.05, 4.69) is 33.3 Å². The van der Waals surface area contributed by atoms with Crippen LogP contribution in [0.1, 0.15) is 30.3 Å². The van der Waals surface area contributed by atoms with E-state index >= 15 is 0 Å². The Morgan fingerprint density at radius 1 is 1.50 bits per heavy atom. The molecular formula is C16H22N4OS. The smallest absolute Gasteiger partial charge is 0.191 e. The van der Waals surface area contributed by atoms with E-state index < -0.39 is 0 Å². The Morgan fingerprint density at radius 2 is 2.41 bits per heavy atom. The molecule has 6 heteroatoms. The minimum atomic E-state index is 0.444. The molecule has 1 saturated heterocycles. The van der Waals surface area contributed by atoms with Gasteiger partial charge in [0.05, 0.1) is 12.8 Å². The molecule has 1 aliphatic rings. The summed E-state index contributed by atoms with van der Waals surface area (Å²) in [5, 5.41) is 9.72. The molecule has 0 bridgehead atoms. The lowest BCUT2D eigenvalue weighted by molar-refractivity contribution is 0.182. The van der Waals surface area contributed by atoms with Crippen molar-refractivity contribution < 1.29 is 4.42 Å². The molecule has 3 rings (SSSR count). The molecule has 2 aromatic rings. The molecule has 0 unspecified atom stereocenters. The molecular weight excluding hydrogens is 296 g/mol. The van der Waals surface area contributed by atoms with Crippen molar-refractivity contribution >= 4 is 11.8 Å². The maximum Gasteiger partial charge on any atom is 0.191 e. The highest BCUT2D eigenvalue weighted by atomic mass is 32.2. The highest BCUT2D eigenvalue weighted by Crippen LogP contribution is 2.28. The Kier molecular flexibility index (Phi) is 5.00. The molecule has 118 valence electrons. The van der Waals surface area contributed by atoms with E-state index in [1.165, 1.54) is 12.8 Å². The fourth-order valence-electron chi connectivity index (χ4n) is 2.97.